The SMILES string of the molecule is c1ccc(-c2cccc(-n3c4ccc5ccccc5c4c4ccc5ccccc5c43)c2)cc1. The monoisotopic (exact) mass is 419 g/mol. The van der Waals surface area contributed by atoms with Crippen molar-refractivity contribution in [2.24, 2.45) is 0 Å². The van der Waals surface area contributed by atoms with E-state index in [9.17, 15) is 0 Å². The molecule has 0 saturated carbocycles. The van der Waals surface area contributed by atoms with Crippen LogP contribution in [-0.2, 0) is 0 Å². The van der Waals surface area contributed by atoms with Gasteiger partial charge in [-0.1, -0.05) is 109 Å². The molecule has 154 valence electrons. The van der Waals surface area contributed by atoms with Crippen molar-refractivity contribution in [2.45, 2.75) is 0 Å². The highest BCUT2D eigenvalue weighted by Crippen LogP contribution is 2.40. The predicted molar refractivity (Wildman–Crippen MR) is 141 cm³/mol. The van der Waals surface area contributed by atoms with Gasteiger partial charge in [0, 0.05) is 21.8 Å². The summed E-state index contributed by atoms with van der Waals surface area (Å²) in [4.78, 5) is 0. The summed E-state index contributed by atoms with van der Waals surface area (Å²) in [5, 5.41) is 7.73. The van der Waals surface area contributed by atoms with Crippen LogP contribution < -0.4 is 0 Å². The molecule has 0 amide bonds. The van der Waals surface area contributed by atoms with E-state index in [0.717, 1.165) is 0 Å². The van der Waals surface area contributed by atoms with E-state index in [1.807, 2.05) is 0 Å². The second-order valence-corrected chi connectivity index (χ2v) is 8.62. The molecule has 6 aromatic carbocycles. The fourth-order valence-corrected chi connectivity index (χ4v) is 5.27. The first kappa shape index (κ1) is 18.2. The van der Waals surface area contributed by atoms with Crippen LogP contribution >= 0.6 is 0 Å². The van der Waals surface area contributed by atoms with Crippen LogP contribution in [0.2, 0.25) is 0 Å². The molecule has 1 nitrogen and oxygen atoms in total. The molecule has 0 aliphatic rings. The van der Waals surface area contributed by atoms with Gasteiger partial charge < -0.3 is 4.57 Å². The van der Waals surface area contributed by atoms with Crippen LogP contribution in [0.5, 0.6) is 0 Å². The third-order valence-electron chi connectivity index (χ3n) is 6.75. The van der Waals surface area contributed by atoms with Crippen molar-refractivity contribution in [1.82, 2.24) is 4.57 Å². The molecular formula is C32H21N. The highest BCUT2D eigenvalue weighted by atomic mass is 15.0. The zero-order valence-corrected chi connectivity index (χ0v) is 18.1. The Kier molecular flexibility index (Phi) is 3.91. The molecule has 1 aromatic heterocycles. The number of aromatic nitrogens is 1. The maximum absolute atomic E-state index is 2.45. The molecule has 0 bridgehead atoms. The number of hydrogen-bond donors (Lipinski definition) is 0. The van der Waals surface area contributed by atoms with E-state index in [-0.39, 0.29) is 0 Å². The standard InChI is InChI=1S/C32H21N/c1-2-9-22(10-3-1)25-13-8-14-26(21-25)33-30-20-18-23-11-4-6-15-27(23)31(30)29-19-17-24-12-5-7-16-28(24)32(29)33/h1-21H. The molecule has 7 rings (SSSR count). The van der Waals surface area contributed by atoms with E-state index in [2.05, 4.69) is 132 Å². The molecule has 0 radical (unpaired) electrons. The lowest BCUT2D eigenvalue weighted by Gasteiger charge is -2.12. The minimum Gasteiger partial charge on any atom is -0.309 e. The Morgan fingerprint density at radius 3 is 1.94 bits per heavy atom. The zero-order chi connectivity index (χ0) is 21.8. The van der Waals surface area contributed by atoms with Gasteiger partial charge in [0.15, 0.2) is 0 Å². The molecule has 0 atom stereocenters. The van der Waals surface area contributed by atoms with E-state index in [4.69, 9.17) is 0 Å². The van der Waals surface area contributed by atoms with Gasteiger partial charge >= 0.3 is 0 Å². The Bertz CT molecular complexity index is 1810. The topological polar surface area (TPSA) is 4.93 Å². The molecule has 0 spiro atoms. The number of rotatable bonds is 2. The van der Waals surface area contributed by atoms with Gasteiger partial charge in [-0.25, -0.2) is 0 Å². The second-order valence-electron chi connectivity index (χ2n) is 8.62. The van der Waals surface area contributed by atoms with Crippen LogP contribution in [0.4, 0.5) is 0 Å². The van der Waals surface area contributed by atoms with E-state index in [1.54, 1.807) is 0 Å². The Balaban J connectivity index is 1.66. The molecule has 0 unspecified atom stereocenters. The van der Waals surface area contributed by atoms with Crippen molar-refractivity contribution in [1.29, 1.82) is 0 Å². The van der Waals surface area contributed by atoms with Gasteiger partial charge in [0.05, 0.1) is 11.0 Å². The van der Waals surface area contributed by atoms with E-state index >= 15 is 0 Å². The van der Waals surface area contributed by atoms with E-state index in [1.165, 1.54) is 60.2 Å². The molecule has 0 saturated heterocycles. The Labute approximate surface area is 192 Å². The number of hydrogen-bond acceptors (Lipinski definition) is 0. The first-order valence-corrected chi connectivity index (χ1v) is 11.4. The smallest absolute Gasteiger partial charge is 0.0619 e. The summed E-state index contributed by atoms with van der Waals surface area (Å²) in [6, 6.07) is 46.0. The van der Waals surface area contributed by atoms with Crippen LogP contribution in [0.1, 0.15) is 0 Å². The largest absolute Gasteiger partial charge is 0.309 e. The Morgan fingerprint density at radius 1 is 0.424 bits per heavy atom. The van der Waals surface area contributed by atoms with Gasteiger partial charge in [-0.15, -0.1) is 0 Å². The molecule has 0 N–H and O–H groups in total. The molecule has 1 heteroatoms. The second kappa shape index (κ2) is 7.08. The van der Waals surface area contributed by atoms with E-state index in [0.29, 0.717) is 0 Å². The van der Waals surface area contributed by atoms with Crippen molar-refractivity contribution in [3.8, 4) is 16.8 Å². The van der Waals surface area contributed by atoms with Gasteiger partial charge in [-0.2, -0.15) is 0 Å². The summed E-state index contributed by atoms with van der Waals surface area (Å²) in [6.07, 6.45) is 0. The third kappa shape index (κ3) is 2.73. The highest BCUT2D eigenvalue weighted by molar-refractivity contribution is 6.25. The molecule has 0 aliphatic heterocycles. The van der Waals surface area contributed by atoms with Crippen LogP contribution in [0.15, 0.2) is 127 Å². The van der Waals surface area contributed by atoms with E-state index < -0.39 is 0 Å². The minimum atomic E-state index is 1.18. The maximum Gasteiger partial charge on any atom is 0.0619 e. The average molecular weight is 420 g/mol. The zero-order valence-electron chi connectivity index (χ0n) is 18.1. The Morgan fingerprint density at radius 2 is 1.09 bits per heavy atom. The van der Waals surface area contributed by atoms with Crippen molar-refractivity contribution in [2.75, 3.05) is 0 Å². The molecule has 33 heavy (non-hydrogen) atoms. The minimum absolute atomic E-state index is 1.18. The predicted octanol–water partition coefficient (Wildman–Crippen LogP) is 8.76. The van der Waals surface area contributed by atoms with Gasteiger partial charge in [-0.3, -0.25) is 0 Å². The highest BCUT2D eigenvalue weighted by Gasteiger charge is 2.17. The average Bonchev–Trinajstić information content (AvgIpc) is 3.25. The first-order valence-electron chi connectivity index (χ1n) is 11.4. The molecule has 1 heterocycles. The van der Waals surface area contributed by atoms with Crippen LogP contribution in [0, 0.1) is 0 Å². The maximum atomic E-state index is 2.45. The normalized spacial score (nSPS) is 11.6. The summed E-state index contributed by atoms with van der Waals surface area (Å²) in [5.41, 5.74) is 6.15. The van der Waals surface area contributed by atoms with Crippen LogP contribution in [-0.4, -0.2) is 4.57 Å². The summed E-state index contributed by atoms with van der Waals surface area (Å²) in [7, 11) is 0. The number of nitrogens with zero attached hydrogens (tertiary/aromatic N) is 1. The molecule has 0 fully saturated rings. The molecule has 0 aliphatic carbocycles. The summed E-state index contributed by atoms with van der Waals surface area (Å²) >= 11 is 0. The summed E-state index contributed by atoms with van der Waals surface area (Å²) in [5.74, 6) is 0. The lowest BCUT2D eigenvalue weighted by molar-refractivity contribution is 1.19. The van der Waals surface area contributed by atoms with Gasteiger partial charge in [0.25, 0.3) is 0 Å². The fourth-order valence-electron chi connectivity index (χ4n) is 5.27. The summed E-state index contributed by atoms with van der Waals surface area (Å²) < 4.78 is 2.45. The molecule has 7 aromatic rings. The quantitative estimate of drug-likeness (QED) is 0.264. The van der Waals surface area contributed by atoms with Crippen molar-refractivity contribution in [3.63, 3.8) is 0 Å². The van der Waals surface area contributed by atoms with Gasteiger partial charge in [-0.05, 0) is 45.5 Å². The Hall–Kier alpha value is -4.36. The van der Waals surface area contributed by atoms with Crippen molar-refractivity contribution in [3.05, 3.63) is 127 Å². The van der Waals surface area contributed by atoms with Crippen LogP contribution in [0.3, 0.4) is 0 Å². The first-order chi connectivity index (χ1) is 16.4. The fraction of sp³-hybridized carbons (Fsp3) is 0. The number of fused-ring (bicyclic) bond motifs is 7. The lowest BCUT2D eigenvalue weighted by atomic mass is 10.0. The van der Waals surface area contributed by atoms with Crippen LogP contribution in [0.25, 0.3) is 60.2 Å². The van der Waals surface area contributed by atoms with Crippen molar-refractivity contribution >= 4 is 43.4 Å². The van der Waals surface area contributed by atoms with Gasteiger partial charge in [0.1, 0.15) is 0 Å². The summed E-state index contributed by atoms with van der Waals surface area (Å²) in [6.45, 7) is 0. The number of benzene rings is 6. The van der Waals surface area contributed by atoms with Gasteiger partial charge in [0.2, 0.25) is 0 Å². The molecular weight excluding hydrogens is 398 g/mol. The lowest BCUT2D eigenvalue weighted by Crippen LogP contribution is -1.95. The van der Waals surface area contributed by atoms with Crippen molar-refractivity contribution < 1.29 is 0 Å². The third-order valence-corrected chi connectivity index (χ3v) is 6.75.